The number of unbranched alkanes of at least 4 members (excludes halogenated alkanes) is 2. The summed E-state index contributed by atoms with van der Waals surface area (Å²) in [5, 5.41) is 1.02. The number of carbonyl (C=O) groups excluding carboxylic acids is 1. The zero-order valence-electron chi connectivity index (χ0n) is 9.93. The number of carbonyl (C=O) groups is 1. The molecule has 0 amide bonds. The van der Waals surface area contributed by atoms with E-state index in [1.165, 1.54) is 0 Å². The standard InChI is InChI=1S/C12H23BrO2/c1-3-8-11(4-2)15-12(14)9-6-5-7-10-13/h11H,3-10H2,1-2H3. The van der Waals surface area contributed by atoms with Crippen molar-refractivity contribution in [3.05, 3.63) is 0 Å². The quantitative estimate of drug-likeness (QED) is 0.361. The Morgan fingerprint density at radius 1 is 1.27 bits per heavy atom. The highest BCUT2D eigenvalue weighted by Crippen LogP contribution is 2.09. The van der Waals surface area contributed by atoms with Crippen LogP contribution in [0.5, 0.6) is 0 Å². The largest absolute Gasteiger partial charge is 0.462 e. The van der Waals surface area contributed by atoms with E-state index in [1.807, 2.05) is 0 Å². The molecule has 0 heterocycles. The fraction of sp³-hybridized carbons (Fsp3) is 0.917. The zero-order chi connectivity index (χ0) is 11.5. The lowest BCUT2D eigenvalue weighted by Gasteiger charge is -2.14. The molecule has 90 valence electrons. The number of halogens is 1. The highest BCUT2D eigenvalue weighted by Gasteiger charge is 2.10. The maximum Gasteiger partial charge on any atom is 0.306 e. The summed E-state index contributed by atoms with van der Waals surface area (Å²) >= 11 is 3.37. The molecule has 0 fully saturated rings. The maximum absolute atomic E-state index is 11.4. The van der Waals surface area contributed by atoms with Crippen molar-refractivity contribution in [2.24, 2.45) is 0 Å². The summed E-state index contributed by atoms with van der Waals surface area (Å²) in [5.41, 5.74) is 0. The zero-order valence-corrected chi connectivity index (χ0v) is 11.5. The van der Waals surface area contributed by atoms with Crippen LogP contribution in [0, 0.1) is 0 Å². The smallest absolute Gasteiger partial charge is 0.306 e. The van der Waals surface area contributed by atoms with Gasteiger partial charge in [0.25, 0.3) is 0 Å². The molecule has 0 aromatic heterocycles. The number of ether oxygens (including phenoxy) is 1. The van der Waals surface area contributed by atoms with E-state index in [4.69, 9.17) is 4.74 Å². The molecule has 1 atom stereocenters. The SMILES string of the molecule is CCCC(CC)OC(=O)CCCCCBr. The summed E-state index contributed by atoms with van der Waals surface area (Å²) in [7, 11) is 0. The Balaban J connectivity index is 3.52. The van der Waals surface area contributed by atoms with E-state index in [9.17, 15) is 4.79 Å². The molecule has 0 N–H and O–H groups in total. The third kappa shape index (κ3) is 8.91. The first-order valence-corrected chi connectivity index (χ1v) is 7.12. The van der Waals surface area contributed by atoms with Gasteiger partial charge in [-0.2, -0.15) is 0 Å². The first-order chi connectivity index (χ1) is 7.24. The van der Waals surface area contributed by atoms with Gasteiger partial charge in [-0.05, 0) is 25.7 Å². The first kappa shape index (κ1) is 14.9. The van der Waals surface area contributed by atoms with Crippen molar-refractivity contribution in [1.29, 1.82) is 0 Å². The van der Waals surface area contributed by atoms with Crippen LogP contribution in [0.15, 0.2) is 0 Å². The lowest BCUT2D eigenvalue weighted by atomic mass is 10.1. The van der Waals surface area contributed by atoms with Crippen LogP contribution >= 0.6 is 15.9 Å². The molecule has 0 radical (unpaired) electrons. The van der Waals surface area contributed by atoms with Gasteiger partial charge >= 0.3 is 5.97 Å². The van der Waals surface area contributed by atoms with E-state index in [-0.39, 0.29) is 12.1 Å². The van der Waals surface area contributed by atoms with Gasteiger partial charge in [0.15, 0.2) is 0 Å². The van der Waals surface area contributed by atoms with Gasteiger partial charge in [-0.3, -0.25) is 4.79 Å². The molecule has 0 bridgehead atoms. The summed E-state index contributed by atoms with van der Waals surface area (Å²) in [6.45, 7) is 4.19. The third-order valence-electron chi connectivity index (χ3n) is 2.38. The second kappa shape index (κ2) is 10.5. The van der Waals surface area contributed by atoms with Crippen molar-refractivity contribution in [3.63, 3.8) is 0 Å². The molecule has 1 unspecified atom stereocenters. The Bertz CT molecular complexity index is 160. The molecule has 0 rings (SSSR count). The predicted octanol–water partition coefficient (Wildman–Crippen LogP) is 4.06. The van der Waals surface area contributed by atoms with Crippen molar-refractivity contribution in [2.45, 2.75) is 64.9 Å². The van der Waals surface area contributed by atoms with Crippen LogP contribution < -0.4 is 0 Å². The van der Waals surface area contributed by atoms with Crippen molar-refractivity contribution in [1.82, 2.24) is 0 Å². The highest BCUT2D eigenvalue weighted by molar-refractivity contribution is 9.09. The molecule has 0 aliphatic rings. The number of alkyl halides is 1. The van der Waals surface area contributed by atoms with Gasteiger partial charge in [0.2, 0.25) is 0 Å². The molecular formula is C12H23BrO2. The molecule has 0 aliphatic carbocycles. The van der Waals surface area contributed by atoms with Gasteiger partial charge in [-0.1, -0.05) is 42.6 Å². The fourth-order valence-electron chi connectivity index (χ4n) is 1.45. The molecule has 0 aromatic rings. The number of hydrogen-bond acceptors (Lipinski definition) is 2. The minimum atomic E-state index is -0.0233. The number of hydrogen-bond donors (Lipinski definition) is 0. The van der Waals surface area contributed by atoms with Crippen LogP contribution in [-0.2, 0) is 9.53 Å². The monoisotopic (exact) mass is 278 g/mol. The number of rotatable bonds is 9. The first-order valence-electron chi connectivity index (χ1n) is 6.00. The molecule has 0 aliphatic heterocycles. The Labute approximate surface area is 102 Å². The fourth-order valence-corrected chi connectivity index (χ4v) is 1.85. The van der Waals surface area contributed by atoms with Crippen LogP contribution in [0.1, 0.15) is 58.8 Å². The lowest BCUT2D eigenvalue weighted by molar-refractivity contribution is -0.149. The maximum atomic E-state index is 11.4. The van der Waals surface area contributed by atoms with Gasteiger partial charge in [0.05, 0.1) is 0 Å². The Morgan fingerprint density at radius 2 is 2.00 bits per heavy atom. The summed E-state index contributed by atoms with van der Waals surface area (Å²) < 4.78 is 5.37. The minimum absolute atomic E-state index is 0.0233. The van der Waals surface area contributed by atoms with Crippen LogP contribution in [-0.4, -0.2) is 17.4 Å². The minimum Gasteiger partial charge on any atom is -0.462 e. The van der Waals surface area contributed by atoms with E-state index in [2.05, 4.69) is 29.8 Å². The number of esters is 1. The van der Waals surface area contributed by atoms with E-state index in [0.717, 1.165) is 43.9 Å². The van der Waals surface area contributed by atoms with Crippen LogP contribution in [0.3, 0.4) is 0 Å². The summed E-state index contributed by atoms with van der Waals surface area (Å²) in [5.74, 6) is -0.0233. The second-order valence-corrected chi connectivity index (χ2v) is 4.60. The van der Waals surface area contributed by atoms with Crippen LogP contribution in [0.25, 0.3) is 0 Å². The van der Waals surface area contributed by atoms with Gasteiger partial charge in [0.1, 0.15) is 6.10 Å². The second-order valence-electron chi connectivity index (χ2n) is 3.81. The normalized spacial score (nSPS) is 12.5. The highest BCUT2D eigenvalue weighted by atomic mass is 79.9. The van der Waals surface area contributed by atoms with Gasteiger partial charge in [0, 0.05) is 11.8 Å². The van der Waals surface area contributed by atoms with Gasteiger partial charge in [-0.15, -0.1) is 0 Å². The molecular weight excluding hydrogens is 256 g/mol. The summed E-state index contributed by atoms with van der Waals surface area (Å²) in [6, 6.07) is 0. The van der Waals surface area contributed by atoms with E-state index >= 15 is 0 Å². The molecule has 15 heavy (non-hydrogen) atoms. The Morgan fingerprint density at radius 3 is 2.53 bits per heavy atom. The van der Waals surface area contributed by atoms with Crippen molar-refractivity contribution < 1.29 is 9.53 Å². The van der Waals surface area contributed by atoms with Gasteiger partial charge in [-0.25, -0.2) is 0 Å². The molecule has 0 aromatic carbocycles. The summed E-state index contributed by atoms with van der Waals surface area (Å²) in [4.78, 5) is 11.4. The van der Waals surface area contributed by atoms with Crippen LogP contribution in [0.4, 0.5) is 0 Å². The Kier molecular flexibility index (Phi) is 10.4. The third-order valence-corrected chi connectivity index (χ3v) is 2.94. The Hall–Kier alpha value is -0.0500. The van der Waals surface area contributed by atoms with E-state index in [1.54, 1.807) is 0 Å². The predicted molar refractivity (Wildman–Crippen MR) is 67.3 cm³/mol. The van der Waals surface area contributed by atoms with Crippen LogP contribution in [0.2, 0.25) is 0 Å². The van der Waals surface area contributed by atoms with E-state index in [0.29, 0.717) is 6.42 Å². The average Bonchev–Trinajstić information content (AvgIpc) is 2.24. The molecule has 0 saturated carbocycles. The van der Waals surface area contributed by atoms with Crippen molar-refractivity contribution in [3.8, 4) is 0 Å². The topological polar surface area (TPSA) is 26.3 Å². The average molecular weight is 279 g/mol. The van der Waals surface area contributed by atoms with Crippen molar-refractivity contribution >= 4 is 21.9 Å². The lowest BCUT2D eigenvalue weighted by Crippen LogP contribution is -2.16. The molecule has 0 spiro atoms. The van der Waals surface area contributed by atoms with Gasteiger partial charge < -0.3 is 4.74 Å². The van der Waals surface area contributed by atoms with Crippen molar-refractivity contribution in [2.75, 3.05) is 5.33 Å². The molecule has 2 nitrogen and oxygen atoms in total. The molecule has 0 saturated heterocycles. The summed E-state index contributed by atoms with van der Waals surface area (Å²) in [6.07, 6.45) is 6.91. The molecule has 3 heteroatoms. The van der Waals surface area contributed by atoms with E-state index < -0.39 is 0 Å².